The number of nitrogens with one attached hydrogen (secondary N) is 1. The molecule has 1 amide bonds. The van der Waals surface area contributed by atoms with Gasteiger partial charge in [0.25, 0.3) is 0 Å². The minimum absolute atomic E-state index is 0.213. The molecule has 0 aliphatic carbocycles. The van der Waals surface area contributed by atoms with Crippen LogP contribution in [-0.4, -0.2) is 40.9 Å². The van der Waals surface area contributed by atoms with Crippen LogP contribution in [-0.2, 0) is 6.54 Å². The minimum atomic E-state index is -2.20. The molecule has 216 valence electrons. The van der Waals surface area contributed by atoms with E-state index in [9.17, 15) is 4.79 Å². The first-order valence-corrected chi connectivity index (χ1v) is 23.6. The van der Waals surface area contributed by atoms with Gasteiger partial charge in [-0.15, -0.1) is 0 Å². The quantitative estimate of drug-likeness (QED) is 0.105. The third-order valence-electron chi connectivity index (χ3n) is 7.53. The number of hydrogen-bond acceptors (Lipinski definition) is 4. The van der Waals surface area contributed by atoms with Crippen LogP contribution in [0.15, 0.2) is 63.4 Å². The second-order valence-electron chi connectivity index (χ2n) is 10.7. The van der Waals surface area contributed by atoms with E-state index in [2.05, 4.69) is 62.2 Å². The molecule has 40 heavy (non-hydrogen) atoms. The van der Waals surface area contributed by atoms with Gasteiger partial charge in [-0.25, -0.2) is 4.98 Å². The molecule has 3 rings (SSSR count). The van der Waals surface area contributed by atoms with E-state index in [0.717, 1.165) is 39.5 Å². The summed E-state index contributed by atoms with van der Waals surface area (Å²) in [6.07, 6.45) is 16.1. The van der Waals surface area contributed by atoms with Crippen LogP contribution in [0.5, 0.6) is 5.75 Å². The molecule has 0 unspecified atom stereocenters. The van der Waals surface area contributed by atoms with Crippen LogP contribution in [0.4, 0.5) is 0 Å². The Morgan fingerprint density at radius 2 is 1.65 bits per heavy atom. The standard InChI is InChI=1S/C21H19BrN3O2.3C4H9.Sn/c1-2-3-6-11-27-19-8-5-4-7-15(19)13-24-21(26)18-10-9-16-12-23-14-17(22)20(16)25-18;3*1-3-4-2;/h1-2,4-5,7-10,12,14H,3,6,11,13H2,(H,24,26);3*1,3-4H2,2H3;. The van der Waals surface area contributed by atoms with Crippen molar-refractivity contribution in [1.82, 2.24) is 15.3 Å². The van der Waals surface area contributed by atoms with Gasteiger partial charge in [-0.2, -0.15) is 0 Å². The Morgan fingerprint density at radius 3 is 2.35 bits per heavy atom. The molecule has 2 aromatic heterocycles. The predicted molar refractivity (Wildman–Crippen MR) is 174 cm³/mol. The fourth-order valence-corrected chi connectivity index (χ4v) is 20.1. The van der Waals surface area contributed by atoms with E-state index in [0.29, 0.717) is 18.8 Å². The maximum absolute atomic E-state index is 12.8. The van der Waals surface area contributed by atoms with Crippen molar-refractivity contribution in [2.24, 2.45) is 0 Å². The number of ether oxygens (including phenoxy) is 1. The fraction of sp³-hybridized carbons (Fsp3) is 0.485. The molecule has 0 bridgehead atoms. The molecule has 0 fully saturated rings. The Morgan fingerprint density at radius 1 is 0.950 bits per heavy atom. The van der Waals surface area contributed by atoms with Crippen molar-refractivity contribution in [3.05, 3.63) is 74.7 Å². The van der Waals surface area contributed by atoms with Gasteiger partial charge in [0, 0.05) is 17.8 Å². The van der Waals surface area contributed by atoms with Crippen molar-refractivity contribution >= 4 is 51.1 Å². The predicted octanol–water partition coefficient (Wildman–Crippen LogP) is 9.43. The van der Waals surface area contributed by atoms with Gasteiger partial charge >= 0.3 is 189 Å². The number of rotatable bonds is 18. The molecule has 0 saturated carbocycles. The third kappa shape index (κ3) is 10.2. The van der Waals surface area contributed by atoms with Crippen LogP contribution < -0.4 is 10.1 Å². The summed E-state index contributed by atoms with van der Waals surface area (Å²) in [5, 5.41) is 3.89. The number of para-hydroxylation sites is 1. The summed E-state index contributed by atoms with van der Waals surface area (Å²) >= 11 is 1.27. The van der Waals surface area contributed by atoms with Crippen LogP contribution in [0.3, 0.4) is 0 Å². The van der Waals surface area contributed by atoms with Crippen molar-refractivity contribution < 1.29 is 9.53 Å². The van der Waals surface area contributed by atoms with Gasteiger partial charge in [-0.05, 0) is 28.1 Å². The molecule has 3 aromatic rings. The molecule has 0 saturated heterocycles. The first-order chi connectivity index (χ1) is 19.5. The summed E-state index contributed by atoms with van der Waals surface area (Å²) in [5.41, 5.74) is 2.07. The zero-order valence-corrected chi connectivity index (χ0v) is 29.0. The number of allylic oxidation sites excluding steroid dienone is 1. The number of carbonyl (C=O) groups is 1. The molecule has 0 radical (unpaired) electrons. The first-order valence-electron chi connectivity index (χ1n) is 15.1. The van der Waals surface area contributed by atoms with E-state index < -0.39 is 18.4 Å². The number of pyridine rings is 2. The topological polar surface area (TPSA) is 64.1 Å². The number of unbranched alkanes of at least 4 members (excludes halogenated alkanes) is 4. The van der Waals surface area contributed by atoms with Crippen molar-refractivity contribution in [2.45, 2.75) is 92.0 Å². The average Bonchev–Trinajstić information content (AvgIpc) is 2.98. The number of aromatic nitrogens is 2. The first kappa shape index (κ1) is 32.6. The summed E-state index contributed by atoms with van der Waals surface area (Å²) in [4.78, 5) is 21.5. The summed E-state index contributed by atoms with van der Waals surface area (Å²) in [5.74, 6) is 0.615. The number of benzene rings is 1. The second kappa shape index (κ2) is 17.8. The van der Waals surface area contributed by atoms with Gasteiger partial charge in [0.15, 0.2) is 0 Å². The number of amides is 1. The van der Waals surface area contributed by atoms with Gasteiger partial charge in [0.1, 0.15) is 0 Å². The number of nitrogens with zero attached hydrogens (tertiary/aromatic N) is 2. The monoisotopic (exact) mass is 715 g/mol. The third-order valence-corrected chi connectivity index (χ3v) is 22.4. The fourth-order valence-electron chi connectivity index (χ4n) is 5.12. The summed E-state index contributed by atoms with van der Waals surface area (Å²) in [6.45, 7) is 8.05. The van der Waals surface area contributed by atoms with Gasteiger partial charge in [-0.1, -0.05) is 0 Å². The normalized spacial score (nSPS) is 11.8. The van der Waals surface area contributed by atoms with Crippen molar-refractivity contribution in [3.8, 4) is 5.75 Å². The Hall–Kier alpha value is -1.93. The van der Waals surface area contributed by atoms with Gasteiger partial charge in [-0.3, -0.25) is 4.98 Å². The molecule has 1 N–H and O–H groups in total. The van der Waals surface area contributed by atoms with Gasteiger partial charge in [0.05, 0.1) is 9.99 Å². The van der Waals surface area contributed by atoms with Crippen LogP contribution in [0.1, 0.15) is 88.2 Å². The number of halogens is 1. The molecule has 0 aliphatic rings. The maximum atomic E-state index is 12.8. The van der Waals surface area contributed by atoms with Crippen molar-refractivity contribution in [2.75, 3.05) is 6.61 Å². The molecule has 7 heteroatoms. The van der Waals surface area contributed by atoms with Crippen LogP contribution >= 0.6 is 15.9 Å². The van der Waals surface area contributed by atoms with Crippen molar-refractivity contribution in [3.63, 3.8) is 0 Å². The molecule has 0 aliphatic heterocycles. The SMILES string of the molecule is CCC[CH2][Sn](/[CH]=C/CCCOc1ccccc1CNC(=O)c1ccc2cncc(Br)c2n1)([CH2]CCC)[CH2]CCC. The van der Waals surface area contributed by atoms with Crippen LogP contribution in [0.2, 0.25) is 13.3 Å². The van der Waals surface area contributed by atoms with E-state index in [4.69, 9.17) is 4.74 Å². The van der Waals surface area contributed by atoms with Gasteiger partial charge in [0.2, 0.25) is 0 Å². The molecule has 0 atom stereocenters. The zero-order valence-electron chi connectivity index (χ0n) is 24.6. The summed E-state index contributed by atoms with van der Waals surface area (Å²) in [7, 11) is 0. The second-order valence-corrected chi connectivity index (χ2v) is 24.6. The van der Waals surface area contributed by atoms with E-state index in [1.54, 1.807) is 18.5 Å². The average molecular weight is 715 g/mol. The Kier molecular flexibility index (Phi) is 14.5. The van der Waals surface area contributed by atoms with Gasteiger partial charge < -0.3 is 0 Å². The number of fused-ring (bicyclic) bond motifs is 1. The van der Waals surface area contributed by atoms with Crippen molar-refractivity contribution in [1.29, 1.82) is 0 Å². The molecule has 1 aromatic carbocycles. The van der Waals surface area contributed by atoms with E-state index >= 15 is 0 Å². The number of carbonyl (C=O) groups excluding carboxylic acids is 1. The van der Waals surface area contributed by atoms with E-state index in [1.807, 2.05) is 30.3 Å². The van der Waals surface area contributed by atoms with Crippen LogP contribution in [0.25, 0.3) is 10.9 Å². The molecule has 5 nitrogen and oxygen atoms in total. The molecule has 2 heterocycles. The molecular formula is C33H46BrN3O2Sn. The van der Waals surface area contributed by atoms with Crippen LogP contribution in [0, 0.1) is 0 Å². The zero-order chi connectivity index (χ0) is 28.6. The Bertz CT molecular complexity index is 1210. The Balaban J connectivity index is 1.53. The number of hydrogen-bond donors (Lipinski definition) is 1. The molecular weight excluding hydrogens is 669 g/mol. The molecule has 0 spiro atoms. The van der Waals surface area contributed by atoms with E-state index in [-0.39, 0.29) is 5.91 Å². The van der Waals surface area contributed by atoms with E-state index in [1.165, 1.54) is 51.8 Å². The summed E-state index contributed by atoms with van der Waals surface area (Å²) in [6, 6.07) is 11.5. The summed E-state index contributed by atoms with van der Waals surface area (Å²) < 4.78 is 14.2. The Labute approximate surface area is 253 Å².